The van der Waals surface area contributed by atoms with Crippen molar-refractivity contribution in [3.8, 4) is 0 Å². The van der Waals surface area contributed by atoms with Crippen LogP contribution in [0.15, 0.2) is 20.3 Å². The highest BCUT2D eigenvalue weighted by Crippen LogP contribution is 1.95. The first-order valence-corrected chi connectivity index (χ1v) is 5.74. The van der Waals surface area contributed by atoms with E-state index in [1.807, 2.05) is 0 Å². The molecule has 0 aliphatic rings. The van der Waals surface area contributed by atoms with Crippen LogP contribution in [0.4, 0.5) is 0 Å². The zero-order chi connectivity index (χ0) is 14.0. The highest BCUT2D eigenvalue weighted by molar-refractivity contribution is 5.05. The van der Waals surface area contributed by atoms with E-state index < -0.39 is 0 Å². The first kappa shape index (κ1) is 13.2. The van der Waals surface area contributed by atoms with E-state index in [9.17, 15) is 9.59 Å². The smallest absolute Gasteiger partial charge is 0.330 e. The third-order valence-corrected chi connectivity index (χ3v) is 2.69. The molecule has 0 bridgehead atoms. The second kappa shape index (κ2) is 5.19. The van der Waals surface area contributed by atoms with E-state index >= 15 is 0 Å². The lowest BCUT2D eigenvalue weighted by molar-refractivity contribution is 0.385. The molecule has 2 rings (SSSR count). The summed E-state index contributed by atoms with van der Waals surface area (Å²) < 4.78 is 7.28. The molecule has 0 atom stereocenters. The Morgan fingerprint density at radius 1 is 1.32 bits per heavy atom. The first-order chi connectivity index (χ1) is 8.99. The Morgan fingerprint density at radius 3 is 2.68 bits per heavy atom. The number of aryl methyl sites for hydroxylation is 2. The third-order valence-electron chi connectivity index (χ3n) is 2.69. The van der Waals surface area contributed by atoms with Gasteiger partial charge in [-0.2, -0.15) is 4.98 Å². The summed E-state index contributed by atoms with van der Waals surface area (Å²) in [7, 11) is 3.06. The third kappa shape index (κ3) is 2.79. The maximum Gasteiger partial charge on any atom is 0.330 e. The zero-order valence-corrected chi connectivity index (χ0v) is 11.0. The summed E-state index contributed by atoms with van der Waals surface area (Å²) in [6.07, 6.45) is 1.53. The number of hydrogen-bond donors (Lipinski definition) is 1. The van der Waals surface area contributed by atoms with Gasteiger partial charge in [0.2, 0.25) is 5.89 Å². The van der Waals surface area contributed by atoms with Crippen LogP contribution in [0.1, 0.15) is 17.3 Å². The van der Waals surface area contributed by atoms with Gasteiger partial charge in [0.1, 0.15) is 0 Å². The fraction of sp³-hybridized carbons (Fsp3) is 0.455. The largest absolute Gasteiger partial charge is 0.340 e. The molecule has 2 heterocycles. The standard InChI is InChI=1S/C11H15N5O3/c1-7-13-9(14-19-7)5-12-4-8-6-15(2)11(18)16(3)10(8)17/h6,12H,4-5H2,1-3H3. The predicted octanol–water partition coefficient (Wildman–Crippen LogP) is -0.935. The van der Waals surface area contributed by atoms with Crippen LogP contribution in [0.25, 0.3) is 0 Å². The van der Waals surface area contributed by atoms with Crippen molar-refractivity contribution in [2.24, 2.45) is 14.1 Å². The molecule has 0 radical (unpaired) electrons. The molecule has 0 unspecified atom stereocenters. The lowest BCUT2D eigenvalue weighted by Gasteiger charge is -2.06. The van der Waals surface area contributed by atoms with Gasteiger partial charge in [-0.25, -0.2) is 4.79 Å². The molecule has 0 amide bonds. The minimum Gasteiger partial charge on any atom is -0.340 e. The molecule has 8 heteroatoms. The van der Waals surface area contributed by atoms with E-state index in [-0.39, 0.29) is 11.2 Å². The average molecular weight is 265 g/mol. The summed E-state index contributed by atoms with van der Waals surface area (Å²) in [5.74, 6) is 1.02. The van der Waals surface area contributed by atoms with Gasteiger partial charge in [0.05, 0.1) is 6.54 Å². The summed E-state index contributed by atoms with van der Waals surface area (Å²) in [6.45, 7) is 2.43. The molecule has 8 nitrogen and oxygen atoms in total. The van der Waals surface area contributed by atoms with Gasteiger partial charge in [-0.05, 0) is 0 Å². The molecule has 19 heavy (non-hydrogen) atoms. The van der Waals surface area contributed by atoms with Crippen molar-refractivity contribution in [3.63, 3.8) is 0 Å². The van der Waals surface area contributed by atoms with E-state index in [0.29, 0.717) is 30.4 Å². The van der Waals surface area contributed by atoms with Gasteiger partial charge in [0, 0.05) is 39.3 Å². The lowest BCUT2D eigenvalue weighted by Crippen LogP contribution is -2.39. The second-order valence-corrected chi connectivity index (χ2v) is 4.25. The minimum absolute atomic E-state index is 0.306. The summed E-state index contributed by atoms with van der Waals surface area (Å²) >= 11 is 0. The maximum absolute atomic E-state index is 11.8. The van der Waals surface area contributed by atoms with E-state index in [0.717, 1.165) is 4.57 Å². The highest BCUT2D eigenvalue weighted by atomic mass is 16.5. The fourth-order valence-electron chi connectivity index (χ4n) is 1.73. The van der Waals surface area contributed by atoms with Gasteiger partial charge in [-0.3, -0.25) is 9.36 Å². The minimum atomic E-state index is -0.345. The molecule has 102 valence electrons. The molecule has 0 saturated heterocycles. The summed E-state index contributed by atoms with van der Waals surface area (Å²) in [4.78, 5) is 27.4. The van der Waals surface area contributed by atoms with Crippen molar-refractivity contribution in [3.05, 3.63) is 44.3 Å². The van der Waals surface area contributed by atoms with Crippen molar-refractivity contribution in [1.29, 1.82) is 0 Å². The SMILES string of the molecule is Cc1nc(CNCc2cn(C)c(=O)n(C)c2=O)no1. The quantitative estimate of drug-likeness (QED) is 0.767. The first-order valence-electron chi connectivity index (χ1n) is 5.74. The molecule has 0 aliphatic heterocycles. The molecule has 0 aliphatic carbocycles. The molecule has 0 spiro atoms. The molecular weight excluding hydrogens is 250 g/mol. The number of aromatic nitrogens is 4. The van der Waals surface area contributed by atoms with Crippen molar-refractivity contribution in [2.45, 2.75) is 20.0 Å². The van der Waals surface area contributed by atoms with E-state index in [4.69, 9.17) is 4.52 Å². The van der Waals surface area contributed by atoms with Gasteiger partial charge in [0.25, 0.3) is 5.56 Å². The molecule has 2 aromatic heterocycles. The number of nitrogens with one attached hydrogen (secondary N) is 1. The van der Waals surface area contributed by atoms with Gasteiger partial charge in [-0.15, -0.1) is 0 Å². The van der Waals surface area contributed by atoms with Crippen molar-refractivity contribution >= 4 is 0 Å². The van der Waals surface area contributed by atoms with Crippen LogP contribution in [0.3, 0.4) is 0 Å². The Morgan fingerprint density at radius 2 is 2.05 bits per heavy atom. The number of rotatable bonds is 4. The fourth-order valence-corrected chi connectivity index (χ4v) is 1.73. The van der Waals surface area contributed by atoms with E-state index in [1.54, 1.807) is 14.0 Å². The molecule has 1 N–H and O–H groups in total. The van der Waals surface area contributed by atoms with Gasteiger partial charge in [0.15, 0.2) is 5.82 Å². The van der Waals surface area contributed by atoms with Gasteiger partial charge >= 0.3 is 5.69 Å². The predicted molar refractivity (Wildman–Crippen MR) is 66.5 cm³/mol. The molecule has 0 aromatic carbocycles. The van der Waals surface area contributed by atoms with Gasteiger partial charge < -0.3 is 14.4 Å². The van der Waals surface area contributed by atoms with Crippen molar-refractivity contribution in [2.75, 3.05) is 0 Å². The summed E-state index contributed by atoms with van der Waals surface area (Å²) in [5, 5.41) is 6.76. The Balaban J connectivity index is 2.08. The topological polar surface area (TPSA) is 95.0 Å². The summed E-state index contributed by atoms with van der Waals surface area (Å²) in [6, 6.07) is 0. The Kier molecular flexibility index (Phi) is 3.61. The van der Waals surface area contributed by atoms with E-state index in [2.05, 4.69) is 15.5 Å². The zero-order valence-electron chi connectivity index (χ0n) is 11.0. The molecule has 2 aromatic rings. The molecule has 0 fully saturated rings. The summed E-state index contributed by atoms with van der Waals surface area (Å²) in [5.41, 5.74) is -0.146. The monoisotopic (exact) mass is 265 g/mol. The van der Waals surface area contributed by atoms with Crippen LogP contribution in [0, 0.1) is 6.92 Å². The van der Waals surface area contributed by atoms with Crippen LogP contribution in [0.2, 0.25) is 0 Å². The maximum atomic E-state index is 11.8. The lowest BCUT2D eigenvalue weighted by atomic mass is 10.3. The van der Waals surface area contributed by atoms with Crippen LogP contribution < -0.4 is 16.6 Å². The van der Waals surface area contributed by atoms with Crippen LogP contribution >= 0.6 is 0 Å². The Bertz CT molecular complexity index is 697. The second-order valence-electron chi connectivity index (χ2n) is 4.25. The van der Waals surface area contributed by atoms with Gasteiger partial charge in [-0.1, -0.05) is 5.16 Å². The van der Waals surface area contributed by atoms with Crippen molar-refractivity contribution < 1.29 is 4.52 Å². The van der Waals surface area contributed by atoms with E-state index in [1.165, 1.54) is 17.8 Å². The van der Waals surface area contributed by atoms with Crippen LogP contribution in [-0.2, 0) is 27.2 Å². The Hall–Kier alpha value is -2.22. The molecule has 0 saturated carbocycles. The normalized spacial score (nSPS) is 10.9. The van der Waals surface area contributed by atoms with Crippen molar-refractivity contribution in [1.82, 2.24) is 24.6 Å². The number of hydrogen-bond acceptors (Lipinski definition) is 6. The highest BCUT2D eigenvalue weighted by Gasteiger charge is 2.07. The van der Waals surface area contributed by atoms with Crippen LogP contribution in [-0.4, -0.2) is 19.3 Å². The molecular formula is C11H15N5O3. The average Bonchev–Trinajstić information content (AvgIpc) is 2.79. The number of nitrogens with zero attached hydrogens (tertiary/aromatic N) is 4. The van der Waals surface area contributed by atoms with Crippen LogP contribution in [0.5, 0.6) is 0 Å². The Labute approximate surface area is 108 Å².